The van der Waals surface area contributed by atoms with Crippen LogP contribution >= 0.6 is 0 Å². The van der Waals surface area contributed by atoms with Gasteiger partial charge in [-0.15, -0.1) is 0 Å². The second kappa shape index (κ2) is 6.72. The number of nitrogens with one attached hydrogen (secondary N) is 2. The highest BCUT2D eigenvalue weighted by Gasteiger charge is 2.54. The molecule has 2 aliphatic carbocycles. The van der Waals surface area contributed by atoms with Crippen molar-refractivity contribution >= 4 is 22.9 Å². The van der Waals surface area contributed by atoms with Crippen LogP contribution in [-0.2, 0) is 4.79 Å². The number of aromatic nitrogens is 4. The minimum Gasteiger partial charge on any atom is -0.389 e. The third kappa shape index (κ3) is 2.89. The molecule has 2 saturated carbocycles. The van der Waals surface area contributed by atoms with E-state index < -0.39 is 23.7 Å². The molecule has 0 saturated heterocycles. The highest BCUT2D eigenvalue weighted by atomic mass is 16.3. The Morgan fingerprint density at radius 2 is 2.07 bits per heavy atom. The third-order valence-corrected chi connectivity index (χ3v) is 5.73. The monoisotopic (exact) mass is 384 g/mol. The Balaban J connectivity index is 1.77. The number of fused-ring (bicyclic) bond motifs is 1. The molecule has 0 aromatic carbocycles. The summed E-state index contributed by atoms with van der Waals surface area (Å²) >= 11 is 0. The van der Waals surface area contributed by atoms with E-state index in [1.165, 1.54) is 7.05 Å². The van der Waals surface area contributed by atoms with Crippen molar-refractivity contribution in [3.8, 4) is 11.8 Å². The first-order valence-corrected chi connectivity index (χ1v) is 9.41. The first kappa shape index (κ1) is 18.7. The van der Waals surface area contributed by atoms with Crippen LogP contribution in [-0.4, -0.2) is 61.9 Å². The van der Waals surface area contributed by atoms with Crippen molar-refractivity contribution in [1.29, 1.82) is 0 Å². The van der Waals surface area contributed by atoms with Gasteiger partial charge in [-0.2, -0.15) is 0 Å². The topological polar surface area (TPSA) is 125 Å². The number of carbonyl (C=O) groups excluding carboxylic acids is 1. The van der Waals surface area contributed by atoms with Gasteiger partial charge in [0, 0.05) is 20.0 Å². The lowest BCUT2D eigenvalue weighted by atomic mass is 9.85. The average Bonchev–Trinajstić information content (AvgIpc) is 3.40. The van der Waals surface area contributed by atoms with Gasteiger partial charge >= 0.3 is 0 Å². The average molecular weight is 384 g/mol. The zero-order chi connectivity index (χ0) is 20.1. The molecule has 2 heterocycles. The second-order valence-corrected chi connectivity index (χ2v) is 7.72. The minimum atomic E-state index is -1.20. The second-order valence-electron chi connectivity index (χ2n) is 7.72. The summed E-state index contributed by atoms with van der Waals surface area (Å²) in [6.07, 6.45) is 1.70. The molecule has 0 aliphatic heterocycles. The fourth-order valence-corrected chi connectivity index (χ4v) is 3.82. The molecule has 2 aliphatic rings. The number of imidazole rings is 1. The maximum atomic E-state index is 12.3. The number of carbonyl (C=O) groups is 1. The van der Waals surface area contributed by atoms with Crippen LogP contribution in [0.4, 0.5) is 5.82 Å². The quantitative estimate of drug-likeness (QED) is 0.551. The summed E-state index contributed by atoms with van der Waals surface area (Å²) in [6, 6.07) is -0.550. The normalized spacial score (nSPS) is 29.4. The SMILES string of the molecule is CNC(=O)C1(C)C[C@@H](n2cnc3c(NC)nc(C#CC4CC4)nc32)[C@H](O)[C@@H]1O. The van der Waals surface area contributed by atoms with E-state index in [9.17, 15) is 15.0 Å². The van der Waals surface area contributed by atoms with Gasteiger partial charge in [0.05, 0.1) is 23.9 Å². The van der Waals surface area contributed by atoms with Crippen molar-refractivity contribution in [3.63, 3.8) is 0 Å². The number of aliphatic hydroxyl groups excluding tert-OH is 2. The van der Waals surface area contributed by atoms with Crippen LogP contribution in [0.1, 0.15) is 38.1 Å². The number of amides is 1. The molecule has 148 valence electrons. The van der Waals surface area contributed by atoms with Gasteiger partial charge in [0.15, 0.2) is 17.0 Å². The largest absolute Gasteiger partial charge is 0.389 e. The molecule has 4 atom stereocenters. The third-order valence-electron chi connectivity index (χ3n) is 5.73. The van der Waals surface area contributed by atoms with Crippen molar-refractivity contribution in [2.45, 2.75) is 44.4 Å². The van der Waals surface area contributed by atoms with Crippen LogP contribution in [0.25, 0.3) is 11.2 Å². The molecule has 2 aromatic rings. The summed E-state index contributed by atoms with van der Waals surface area (Å²) in [6.45, 7) is 1.65. The van der Waals surface area contributed by atoms with E-state index in [4.69, 9.17) is 0 Å². The zero-order valence-electron chi connectivity index (χ0n) is 16.1. The maximum Gasteiger partial charge on any atom is 0.228 e. The summed E-state index contributed by atoms with van der Waals surface area (Å²) < 4.78 is 1.71. The first-order chi connectivity index (χ1) is 13.4. The van der Waals surface area contributed by atoms with Crippen LogP contribution in [0.15, 0.2) is 6.33 Å². The van der Waals surface area contributed by atoms with Gasteiger partial charge in [0.25, 0.3) is 0 Å². The number of hydrogen-bond donors (Lipinski definition) is 4. The van der Waals surface area contributed by atoms with Crippen LogP contribution < -0.4 is 10.6 Å². The van der Waals surface area contributed by atoms with Crippen molar-refractivity contribution in [2.75, 3.05) is 19.4 Å². The Hall–Kier alpha value is -2.70. The van der Waals surface area contributed by atoms with Gasteiger partial charge in [-0.05, 0) is 32.1 Å². The van der Waals surface area contributed by atoms with E-state index in [1.807, 2.05) is 0 Å². The Morgan fingerprint density at radius 3 is 2.71 bits per heavy atom. The standard InChI is InChI=1S/C19H24N6O3/c1-19(18(28)21-3)8-11(14(26)15(19)27)25-9-22-13-16(20-2)23-12(24-17(13)25)7-6-10-4-5-10/h9-11,14-15,26-27H,4-5,8H2,1-3H3,(H,21,28)(H,20,23,24)/t11-,14+,15+,19?/m1/s1. The van der Waals surface area contributed by atoms with Crippen LogP contribution in [0.3, 0.4) is 0 Å². The van der Waals surface area contributed by atoms with E-state index in [1.54, 1.807) is 24.9 Å². The molecule has 4 N–H and O–H groups in total. The van der Waals surface area contributed by atoms with E-state index >= 15 is 0 Å². The molecule has 1 amide bonds. The van der Waals surface area contributed by atoms with Crippen molar-refractivity contribution in [3.05, 3.63) is 12.2 Å². The Labute approximate surface area is 162 Å². The molecule has 9 nitrogen and oxygen atoms in total. The lowest BCUT2D eigenvalue weighted by Gasteiger charge is -2.26. The predicted molar refractivity (Wildman–Crippen MR) is 102 cm³/mol. The summed E-state index contributed by atoms with van der Waals surface area (Å²) in [5, 5.41) is 26.8. The molecule has 0 spiro atoms. The Bertz CT molecular complexity index is 989. The summed E-state index contributed by atoms with van der Waals surface area (Å²) in [4.78, 5) is 25.7. The fraction of sp³-hybridized carbons (Fsp3) is 0.579. The van der Waals surface area contributed by atoms with Gasteiger partial charge in [-0.25, -0.2) is 15.0 Å². The lowest BCUT2D eigenvalue weighted by molar-refractivity contribution is -0.136. The zero-order valence-corrected chi connectivity index (χ0v) is 16.1. The van der Waals surface area contributed by atoms with Gasteiger partial charge in [-0.3, -0.25) is 4.79 Å². The number of hydrogen-bond acceptors (Lipinski definition) is 7. The van der Waals surface area contributed by atoms with E-state index in [-0.39, 0.29) is 12.3 Å². The van der Waals surface area contributed by atoms with E-state index in [0.29, 0.717) is 28.7 Å². The smallest absolute Gasteiger partial charge is 0.228 e. The van der Waals surface area contributed by atoms with Crippen LogP contribution in [0.5, 0.6) is 0 Å². The molecule has 4 rings (SSSR count). The number of aliphatic hydroxyl groups is 2. The molecule has 2 aromatic heterocycles. The van der Waals surface area contributed by atoms with Gasteiger partial charge in [0.1, 0.15) is 6.10 Å². The van der Waals surface area contributed by atoms with Crippen LogP contribution in [0, 0.1) is 23.2 Å². The minimum absolute atomic E-state index is 0.252. The molecular weight excluding hydrogens is 360 g/mol. The molecule has 28 heavy (non-hydrogen) atoms. The lowest BCUT2D eigenvalue weighted by Crippen LogP contribution is -2.45. The van der Waals surface area contributed by atoms with Crippen molar-refractivity contribution in [1.82, 2.24) is 24.8 Å². The molecule has 9 heteroatoms. The Morgan fingerprint density at radius 1 is 1.32 bits per heavy atom. The molecule has 0 radical (unpaired) electrons. The van der Waals surface area contributed by atoms with Gasteiger partial charge in [-0.1, -0.05) is 5.92 Å². The Kier molecular flexibility index (Phi) is 4.48. The summed E-state index contributed by atoms with van der Waals surface area (Å²) in [7, 11) is 3.26. The van der Waals surface area contributed by atoms with Gasteiger partial charge in [0.2, 0.25) is 11.7 Å². The maximum absolute atomic E-state index is 12.3. The molecular formula is C19H24N6O3. The highest BCUT2D eigenvalue weighted by Crippen LogP contribution is 2.45. The van der Waals surface area contributed by atoms with Gasteiger partial charge < -0.3 is 25.4 Å². The molecule has 1 unspecified atom stereocenters. The number of anilines is 1. The summed E-state index contributed by atoms with van der Waals surface area (Å²) in [5.74, 6) is 7.20. The van der Waals surface area contributed by atoms with E-state index in [2.05, 4.69) is 37.4 Å². The molecule has 0 bridgehead atoms. The van der Waals surface area contributed by atoms with Crippen molar-refractivity contribution < 1.29 is 15.0 Å². The van der Waals surface area contributed by atoms with Crippen LogP contribution in [0.2, 0.25) is 0 Å². The predicted octanol–water partition coefficient (Wildman–Crippen LogP) is 0.0484. The van der Waals surface area contributed by atoms with E-state index in [0.717, 1.165) is 12.8 Å². The number of nitrogens with zero attached hydrogens (tertiary/aromatic N) is 4. The van der Waals surface area contributed by atoms with Crippen molar-refractivity contribution in [2.24, 2.45) is 11.3 Å². The number of rotatable bonds is 3. The first-order valence-electron chi connectivity index (χ1n) is 9.41. The highest BCUT2D eigenvalue weighted by molar-refractivity contribution is 5.84. The fourth-order valence-electron chi connectivity index (χ4n) is 3.82. The molecule has 2 fully saturated rings. The summed E-state index contributed by atoms with van der Waals surface area (Å²) in [5.41, 5.74) is -0.0466.